The summed E-state index contributed by atoms with van der Waals surface area (Å²) in [6.07, 6.45) is 0. The lowest BCUT2D eigenvalue weighted by atomic mass is 9.98. The Balaban J connectivity index is 2.13. The fourth-order valence-corrected chi connectivity index (χ4v) is 2.38. The van der Waals surface area contributed by atoms with E-state index in [1.807, 2.05) is 24.3 Å². The van der Waals surface area contributed by atoms with Crippen molar-refractivity contribution in [3.05, 3.63) is 77.7 Å². The van der Waals surface area contributed by atoms with Crippen molar-refractivity contribution in [2.24, 2.45) is 0 Å². The van der Waals surface area contributed by atoms with E-state index >= 15 is 0 Å². The van der Waals surface area contributed by atoms with Crippen LogP contribution < -0.4 is 0 Å². The standard InChI is InChI=1S/C19H15NO4/c1-2-23-19(22)16-15(13-9-5-3-6-10-13)18(24-20-16)17(21)14-11-7-4-8-12-14/h3-12H,2H2,1H3. The van der Waals surface area contributed by atoms with Crippen LogP contribution in [-0.4, -0.2) is 23.5 Å². The first-order chi connectivity index (χ1) is 11.7. The summed E-state index contributed by atoms with van der Waals surface area (Å²) < 4.78 is 10.2. The first kappa shape index (κ1) is 15.7. The van der Waals surface area contributed by atoms with Crippen molar-refractivity contribution in [2.75, 3.05) is 6.61 Å². The van der Waals surface area contributed by atoms with Crippen LogP contribution in [-0.2, 0) is 4.74 Å². The summed E-state index contributed by atoms with van der Waals surface area (Å²) >= 11 is 0. The summed E-state index contributed by atoms with van der Waals surface area (Å²) in [5.74, 6) is -0.930. The van der Waals surface area contributed by atoms with Gasteiger partial charge in [0, 0.05) is 5.56 Å². The lowest BCUT2D eigenvalue weighted by Gasteiger charge is -2.04. The van der Waals surface area contributed by atoms with E-state index in [2.05, 4.69) is 5.16 Å². The molecule has 120 valence electrons. The third kappa shape index (κ3) is 2.96. The molecule has 1 heterocycles. The summed E-state index contributed by atoms with van der Waals surface area (Å²) in [6.45, 7) is 1.91. The Morgan fingerprint density at radius 2 is 1.62 bits per heavy atom. The number of hydrogen-bond donors (Lipinski definition) is 0. The Labute approximate surface area is 138 Å². The Morgan fingerprint density at radius 1 is 1.00 bits per heavy atom. The zero-order valence-electron chi connectivity index (χ0n) is 13.1. The van der Waals surface area contributed by atoms with Crippen LogP contribution in [0.3, 0.4) is 0 Å². The molecule has 5 nitrogen and oxygen atoms in total. The summed E-state index contributed by atoms with van der Waals surface area (Å²) in [7, 11) is 0. The number of carbonyl (C=O) groups is 2. The normalized spacial score (nSPS) is 10.4. The highest BCUT2D eigenvalue weighted by atomic mass is 16.5. The topological polar surface area (TPSA) is 69.4 Å². The fraction of sp³-hybridized carbons (Fsp3) is 0.105. The van der Waals surface area contributed by atoms with E-state index in [-0.39, 0.29) is 23.8 Å². The van der Waals surface area contributed by atoms with Gasteiger partial charge in [-0.15, -0.1) is 0 Å². The number of esters is 1. The molecule has 0 unspecified atom stereocenters. The van der Waals surface area contributed by atoms with Crippen molar-refractivity contribution in [1.82, 2.24) is 5.16 Å². The minimum absolute atomic E-state index is 0.00216. The Morgan fingerprint density at radius 3 is 2.25 bits per heavy atom. The molecule has 0 spiro atoms. The molecule has 1 aromatic heterocycles. The molecule has 24 heavy (non-hydrogen) atoms. The number of rotatable bonds is 5. The van der Waals surface area contributed by atoms with Gasteiger partial charge in [-0.1, -0.05) is 65.8 Å². The molecule has 0 aliphatic rings. The second-order valence-corrected chi connectivity index (χ2v) is 5.02. The Bertz CT molecular complexity index is 854. The van der Waals surface area contributed by atoms with E-state index < -0.39 is 5.97 Å². The number of ether oxygens (including phenoxy) is 1. The van der Waals surface area contributed by atoms with Crippen LogP contribution in [0.15, 0.2) is 65.2 Å². The number of aromatic nitrogens is 1. The summed E-state index contributed by atoms with van der Waals surface area (Å²) in [4.78, 5) is 24.9. The molecule has 5 heteroatoms. The molecule has 0 saturated carbocycles. The molecule has 0 fully saturated rings. The van der Waals surface area contributed by atoms with Crippen molar-refractivity contribution in [3.63, 3.8) is 0 Å². The van der Waals surface area contributed by atoms with Crippen LogP contribution >= 0.6 is 0 Å². The molecule has 0 amide bonds. The van der Waals surface area contributed by atoms with E-state index in [9.17, 15) is 9.59 Å². The summed E-state index contributed by atoms with van der Waals surface area (Å²) in [5.41, 5.74) is 1.48. The number of ketones is 1. The number of nitrogens with zero attached hydrogens (tertiary/aromatic N) is 1. The van der Waals surface area contributed by atoms with Crippen molar-refractivity contribution < 1.29 is 18.8 Å². The molecule has 0 N–H and O–H groups in total. The van der Waals surface area contributed by atoms with Crippen molar-refractivity contribution in [3.8, 4) is 11.1 Å². The largest absolute Gasteiger partial charge is 0.461 e. The third-order valence-corrected chi connectivity index (χ3v) is 3.47. The molecule has 3 rings (SSSR count). The van der Waals surface area contributed by atoms with Crippen LogP contribution in [0.5, 0.6) is 0 Å². The highest BCUT2D eigenvalue weighted by Crippen LogP contribution is 2.30. The quantitative estimate of drug-likeness (QED) is 0.529. The first-order valence-electron chi connectivity index (χ1n) is 7.54. The van der Waals surface area contributed by atoms with Crippen molar-refractivity contribution in [2.45, 2.75) is 6.92 Å². The van der Waals surface area contributed by atoms with Gasteiger partial charge in [0.05, 0.1) is 12.2 Å². The van der Waals surface area contributed by atoms with E-state index in [0.29, 0.717) is 16.7 Å². The van der Waals surface area contributed by atoms with Gasteiger partial charge in [0.25, 0.3) is 0 Å². The van der Waals surface area contributed by atoms with Crippen molar-refractivity contribution >= 4 is 11.8 Å². The predicted molar refractivity (Wildman–Crippen MR) is 87.8 cm³/mol. The van der Waals surface area contributed by atoms with Crippen LogP contribution in [0.4, 0.5) is 0 Å². The number of benzene rings is 2. The molecule has 0 aliphatic heterocycles. The maximum Gasteiger partial charge on any atom is 0.361 e. The molecular formula is C19H15NO4. The maximum absolute atomic E-state index is 12.7. The van der Waals surface area contributed by atoms with Gasteiger partial charge in [-0.3, -0.25) is 4.79 Å². The minimum atomic E-state index is -0.618. The molecule has 0 bridgehead atoms. The molecular weight excluding hydrogens is 306 g/mol. The zero-order valence-corrected chi connectivity index (χ0v) is 13.1. The third-order valence-electron chi connectivity index (χ3n) is 3.47. The van der Waals surface area contributed by atoms with Gasteiger partial charge >= 0.3 is 5.97 Å². The summed E-state index contributed by atoms with van der Waals surface area (Å²) in [6, 6.07) is 17.8. The Hall–Kier alpha value is -3.21. The summed E-state index contributed by atoms with van der Waals surface area (Å²) in [5, 5.41) is 3.79. The number of carbonyl (C=O) groups excluding carboxylic acids is 2. The average molecular weight is 321 g/mol. The van der Waals surface area contributed by atoms with Crippen LogP contribution in [0, 0.1) is 0 Å². The zero-order chi connectivity index (χ0) is 16.9. The molecule has 0 saturated heterocycles. The van der Waals surface area contributed by atoms with Gasteiger partial charge in [-0.2, -0.15) is 0 Å². The number of hydrogen-bond acceptors (Lipinski definition) is 5. The second-order valence-electron chi connectivity index (χ2n) is 5.02. The molecule has 0 aliphatic carbocycles. The lowest BCUT2D eigenvalue weighted by molar-refractivity contribution is 0.0515. The molecule has 2 aromatic carbocycles. The van der Waals surface area contributed by atoms with Crippen molar-refractivity contribution in [1.29, 1.82) is 0 Å². The SMILES string of the molecule is CCOC(=O)c1noc(C(=O)c2ccccc2)c1-c1ccccc1. The van der Waals surface area contributed by atoms with Crippen LogP contribution in [0.25, 0.3) is 11.1 Å². The molecule has 3 aromatic rings. The van der Waals surface area contributed by atoms with E-state index in [4.69, 9.17) is 9.26 Å². The van der Waals surface area contributed by atoms with Gasteiger partial charge in [-0.05, 0) is 12.5 Å². The first-order valence-corrected chi connectivity index (χ1v) is 7.54. The average Bonchev–Trinajstić information content (AvgIpc) is 3.08. The minimum Gasteiger partial charge on any atom is -0.461 e. The maximum atomic E-state index is 12.7. The van der Waals surface area contributed by atoms with E-state index in [0.717, 1.165) is 0 Å². The Kier molecular flexibility index (Phi) is 4.52. The van der Waals surface area contributed by atoms with E-state index in [1.54, 1.807) is 43.3 Å². The van der Waals surface area contributed by atoms with Gasteiger partial charge < -0.3 is 9.26 Å². The van der Waals surface area contributed by atoms with Gasteiger partial charge in [0.1, 0.15) is 0 Å². The second kappa shape index (κ2) is 6.91. The predicted octanol–water partition coefficient (Wildman–Crippen LogP) is 3.75. The van der Waals surface area contributed by atoms with E-state index in [1.165, 1.54) is 0 Å². The van der Waals surface area contributed by atoms with Crippen LogP contribution in [0.2, 0.25) is 0 Å². The van der Waals surface area contributed by atoms with Gasteiger partial charge in [-0.25, -0.2) is 4.79 Å². The highest BCUT2D eigenvalue weighted by molar-refractivity contribution is 6.13. The van der Waals surface area contributed by atoms with Gasteiger partial charge in [0.15, 0.2) is 5.69 Å². The van der Waals surface area contributed by atoms with Crippen LogP contribution in [0.1, 0.15) is 33.5 Å². The molecule has 0 atom stereocenters. The van der Waals surface area contributed by atoms with Gasteiger partial charge in [0.2, 0.25) is 11.5 Å². The lowest BCUT2D eigenvalue weighted by Crippen LogP contribution is -2.08. The fourth-order valence-electron chi connectivity index (χ4n) is 2.38. The molecule has 0 radical (unpaired) electrons. The monoisotopic (exact) mass is 321 g/mol. The smallest absolute Gasteiger partial charge is 0.361 e. The highest BCUT2D eigenvalue weighted by Gasteiger charge is 2.28.